The molecule has 146 valence electrons. The van der Waals surface area contributed by atoms with Crippen molar-refractivity contribution < 1.29 is 18.4 Å². The Morgan fingerprint density at radius 3 is 2.79 bits per heavy atom. The molecule has 5 nitrogen and oxygen atoms in total. The minimum Gasteiger partial charge on any atom is -0.354 e. The van der Waals surface area contributed by atoms with Crippen molar-refractivity contribution in [3.05, 3.63) is 58.7 Å². The average molecular weight is 385 g/mol. The number of aromatic nitrogens is 1. The number of halogens is 2. The predicted molar refractivity (Wildman–Crippen MR) is 103 cm³/mol. The number of amides is 1. The maximum absolute atomic E-state index is 14.9. The molecule has 1 aliphatic rings. The van der Waals surface area contributed by atoms with E-state index < -0.39 is 11.7 Å². The van der Waals surface area contributed by atoms with Gasteiger partial charge in [-0.15, -0.1) is 0 Å². The third-order valence-corrected chi connectivity index (χ3v) is 5.04. The minimum absolute atomic E-state index is 0.0604. The fourth-order valence-electron chi connectivity index (χ4n) is 3.70. The molecule has 0 unspecified atom stereocenters. The maximum atomic E-state index is 14.9. The van der Waals surface area contributed by atoms with Crippen LogP contribution >= 0.6 is 0 Å². The van der Waals surface area contributed by atoms with E-state index in [2.05, 4.69) is 15.8 Å². The molecule has 2 aromatic carbocycles. The summed E-state index contributed by atoms with van der Waals surface area (Å²) in [6, 6.07) is 7.63. The molecule has 0 spiro atoms. The standard InChI is InChI=1S/C21H21F2N3O2/c1-24-7-3-2-4-12-5-6-14(17(23)8-12)20-16-11-28-26-21(27)15-9-13(22)10-18(25-20)19(15)16/h5-6,8-10,24-25H,2-4,7,11H2,1H3,(H,26,27). The first-order valence-corrected chi connectivity index (χ1v) is 9.28. The molecule has 7 heteroatoms. The van der Waals surface area contributed by atoms with Crippen molar-refractivity contribution in [2.75, 3.05) is 13.6 Å². The van der Waals surface area contributed by atoms with Crippen LogP contribution in [0.3, 0.4) is 0 Å². The monoisotopic (exact) mass is 385 g/mol. The number of hydrogen-bond acceptors (Lipinski definition) is 3. The Morgan fingerprint density at radius 1 is 1.14 bits per heavy atom. The van der Waals surface area contributed by atoms with Crippen LogP contribution in [0.2, 0.25) is 0 Å². The quantitative estimate of drug-likeness (QED) is 0.565. The molecule has 0 bridgehead atoms. The van der Waals surface area contributed by atoms with Gasteiger partial charge < -0.3 is 10.3 Å². The second-order valence-corrected chi connectivity index (χ2v) is 6.95. The van der Waals surface area contributed by atoms with E-state index in [1.807, 2.05) is 13.1 Å². The van der Waals surface area contributed by atoms with Gasteiger partial charge in [0.15, 0.2) is 0 Å². The highest BCUT2D eigenvalue weighted by Gasteiger charge is 2.25. The van der Waals surface area contributed by atoms with E-state index in [4.69, 9.17) is 4.84 Å². The Labute approximate surface area is 161 Å². The molecule has 1 amide bonds. The van der Waals surface area contributed by atoms with Crippen molar-refractivity contribution in [2.24, 2.45) is 0 Å². The lowest BCUT2D eigenvalue weighted by molar-refractivity contribution is 0.0255. The number of rotatable bonds is 6. The SMILES string of the molecule is CNCCCCc1ccc(-c2[nH]c3cc(F)cc4c3c2CONC4=O)c(F)c1. The number of H-pyrrole nitrogens is 1. The molecule has 3 N–H and O–H groups in total. The summed E-state index contributed by atoms with van der Waals surface area (Å²) in [6.07, 6.45) is 2.80. The Bertz CT molecular complexity index is 1050. The van der Waals surface area contributed by atoms with Crippen LogP contribution in [0.4, 0.5) is 8.78 Å². The molecule has 3 aromatic rings. The number of carbonyl (C=O) groups is 1. The highest BCUT2D eigenvalue weighted by molar-refractivity contribution is 6.09. The lowest BCUT2D eigenvalue weighted by atomic mass is 9.99. The minimum atomic E-state index is -0.545. The van der Waals surface area contributed by atoms with Crippen molar-refractivity contribution in [3.63, 3.8) is 0 Å². The van der Waals surface area contributed by atoms with Gasteiger partial charge in [-0.1, -0.05) is 6.07 Å². The normalized spacial score (nSPS) is 13.6. The van der Waals surface area contributed by atoms with E-state index >= 15 is 0 Å². The summed E-state index contributed by atoms with van der Waals surface area (Å²) in [5.41, 5.74) is 5.32. The predicted octanol–water partition coefficient (Wildman–Crippen LogP) is 3.83. The van der Waals surface area contributed by atoms with Gasteiger partial charge in [-0.25, -0.2) is 14.3 Å². The molecule has 1 aromatic heterocycles. The first kappa shape index (κ1) is 18.6. The van der Waals surface area contributed by atoms with Crippen LogP contribution in [0, 0.1) is 11.6 Å². The summed E-state index contributed by atoms with van der Waals surface area (Å²) in [7, 11) is 1.91. The van der Waals surface area contributed by atoms with Gasteiger partial charge in [-0.2, -0.15) is 0 Å². The van der Waals surface area contributed by atoms with Crippen molar-refractivity contribution in [1.29, 1.82) is 0 Å². The number of unbranched alkanes of at least 4 members (excludes halogenated alkanes) is 1. The molecule has 2 heterocycles. The third-order valence-electron chi connectivity index (χ3n) is 5.04. The van der Waals surface area contributed by atoms with Crippen molar-refractivity contribution >= 4 is 16.8 Å². The Kier molecular flexibility index (Phi) is 5.11. The van der Waals surface area contributed by atoms with E-state index in [9.17, 15) is 13.6 Å². The maximum Gasteiger partial charge on any atom is 0.275 e. The van der Waals surface area contributed by atoms with Gasteiger partial charge in [0.2, 0.25) is 0 Å². The summed E-state index contributed by atoms with van der Waals surface area (Å²) >= 11 is 0. The van der Waals surface area contributed by atoms with Crippen molar-refractivity contribution in [3.8, 4) is 11.3 Å². The van der Waals surface area contributed by atoms with Gasteiger partial charge >= 0.3 is 0 Å². The molecule has 28 heavy (non-hydrogen) atoms. The number of nitrogens with one attached hydrogen (secondary N) is 3. The molecule has 0 aliphatic carbocycles. The van der Waals surface area contributed by atoms with E-state index in [-0.39, 0.29) is 18.0 Å². The zero-order chi connectivity index (χ0) is 19.7. The Morgan fingerprint density at radius 2 is 2.00 bits per heavy atom. The van der Waals surface area contributed by atoms with Crippen LogP contribution in [0.5, 0.6) is 0 Å². The van der Waals surface area contributed by atoms with E-state index in [0.29, 0.717) is 27.7 Å². The summed E-state index contributed by atoms with van der Waals surface area (Å²) < 4.78 is 28.8. The molecule has 0 radical (unpaired) electrons. The number of benzene rings is 2. The lowest BCUT2D eigenvalue weighted by Gasteiger charge is -2.08. The van der Waals surface area contributed by atoms with Gasteiger partial charge in [0, 0.05) is 22.0 Å². The van der Waals surface area contributed by atoms with Gasteiger partial charge in [0.1, 0.15) is 18.2 Å². The van der Waals surface area contributed by atoms with Crippen LogP contribution in [-0.2, 0) is 17.9 Å². The molecule has 0 atom stereocenters. The molecular weight excluding hydrogens is 364 g/mol. The summed E-state index contributed by atoms with van der Waals surface area (Å²) in [5, 5.41) is 3.66. The fraction of sp³-hybridized carbons (Fsp3) is 0.286. The van der Waals surface area contributed by atoms with Crippen LogP contribution in [0.25, 0.3) is 22.2 Å². The topological polar surface area (TPSA) is 66.2 Å². The molecule has 4 rings (SSSR count). The van der Waals surface area contributed by atoms with Crippen molar-refractivity contribution in [1.82, 2.24) is 15.8 Å². The molecular formula is C21H21F2N3O2. The summed E-state index contributed by atoms with van der Waals surface area (Å²) in [5.74, 6) is -1.43. The largest absolute Gasteiger partial charge is 0.354 e. The number of hydroxylamine groups is 1. The van der Waals surface area contributed by atoms with E-state index in [1.165, 1.54) is 12.1 Å². The van der Waals surface area contributed by atoms with Gasteiger partial charge in [-0.3, -0.25) is 9.63 Å². The highest BCUT2D eigenvalue weighted by Crippen LogP contribution is 2.36. The number of carbonyl (C=O) groups excluding carboxylic acids is 1. The Balaban J connectivity index is 1.74. The highest BCUT2D eigenvalue weighted by atomic mass is 19.1. The first-order valence-electron chi connectivity index (χ1n) is 9.28. The lowest BCUT2D eigenvalue weighted by Crippen LogP contribution is -2.21. The first-order chi connectivity index (χ1) is 13.6. The molecule has 0 saturated carbocycles. The van der Waals surface area contributed by atoms with Crippen molar-refractivity contribution in [2.45, 2.75) is 25.9 Å². The molecule has 0 fully saturated rings. The molecule has 0 saturated heterocycles. The zero-order valence-corrected chi connectivity index (χ0v) is 15.5. The van der Waals surface area contributed by atoms with Crippen LogP contribution < -0.4 is 10.8 Å². The second-order valence-electron chi connectivity index (χ2n) is 6.95. The van der Waals surface area contributed by atoms with E-state index in [0.717, 1.165) is 37.4 Å². The van der Waals surface area contributed by atoms with Gasteiger partial charge in [0.05, 0.1) is 11.3 Å². The van der Waals surface area contributed by atoms with E-state index in [1.54, 1.807) is 6.07 Å². The second kappa shape index (κ2) is 7.69. The summed E-state index contributed by atoms with van der Waals surface area (Å²) in [4.78, 5) is 20.4. The zero-order valence-electron chi connectivity index (χ0n) is 15.5. The average Bonchev–Trinajstić information content (AvgIpc) is 2.93. The molecule has 1 aliphatic heterocycles. The van der Waals surface area contributed by atoms with Crippen LogP contribution in [-0.4, -0.2) is 24.5 Å². The van der Waals surface area contributed by atoms with Crippen LogP contribution in [0.15, 0.2) is 30.3 Å². The van der Waals surface area contributed by atoms with Gasteiger partial charge in [0.25, 0.3) is 5.91 Å². The van der Waals surface area contributed by atoms with Crippen LogP contribution in [0.1, 0.15) is 34.3 Å². The Hall–Kier alpha value is -2.77. The van der Waals surface area contributed by atoms with Gasteiger partial charge in [-0.05, 0) is 62.7 Å². The number of aryl methyl sites for hydroxylation is 1. The number of hydrogen-bond donors (Lipinski definition) is 3. The smallest absolute Gasteiger partial charge is 0.275 e. The summed E-state index contributed by atoms with van der Waals surface area (Å²) in [6.45, 7) is 0.996. The number of aromatic amines is 1. The third kappa shape index (κ3) is 3.39. The fourth-order valence-corrected chi connectivity index (χ4v) is 3.70.